The maximum atomic E-state index is 11.5. The molecule has 0 fully saturated rings. The SMILES string of the molecule is Cc1cc(-c2ccc3c(c2)CCO3)cc2oc(=O)cc(O)c12. The van der Waals surface area contributed by atoms with Crippen molar-refractivity contribution in [3.8, 4) is 22.6 Å². The minimum Gasteiger partial charge on any atom is -0.507 e. The molecule has 110 valence electrons. The summed E-state index contributed by atoms with van der Waals surface area (Å²) in [5, 5.41) is 10.5. The normalized spacial score (nSPS) is 13.1. The summed E-state index contributed by atoms with van der Waals surface area (Å²) in [6.07, 6.45) is 0.908. The van der Waals surface area contributed by atoms with Gasteiger partial charge in [0.25, 0.3) is 0 Å². The minimum atomic E-state index is -0.552. The molecular formula is C18H14O4. The van der Waals surface area contributed by atoms with Crippen LogP contribution in [0.3, 0.4) is 0 Å². The van der Waals surface area contributed by atoms with Gasteiger partial charge in [-0.2, -0.15) is 0 Å². The number of benzene rings is 2. The monoisotopic (exact) mass is 294 g/mol. The number of hydrogen-bond acceptors (Lipinski definition) is 4. The molecule has 3 aromatic rings. The molecule has 0 aliphatic carbocycles. The summed E-state index contributed by atoms with van der Waals surface area (Å²) in [7, 11) is 0. The van der Waals surface area contributed by atoms with Crippen molar-refractivity contribution >= 4 is 11.0 Å². The van der Waals surface area contributed by atoms with Crippen molar-refractivity contribution in [3.63, 3.8) is 0 Å². The van der Waals surface area contributed by atoms with Gasteiger partial charge in [0.05, 0.1) is 18.1 Å². The molecule has 1 aliphatic rings. The van der Waals surface area contributed by atoms with Crippen LogP contribution < -0.4 is 10.4 Å². The summed E-state index contributed by atoms with van der Waals surface area (Å²) in [5.74, 6) is 0.892. The van der Waals surface area contributed by atoms with Gasteiger partial charge in [0, 0.05) is 6.42 Å². The Morgan fingerprint density at radius 3 is 2.82 bits per heavy atom. The maximum Gasteiger partial charge on any atom is 0.339 e. The fourth-order valence-corrected chi connectivity index (χ4v) is 3.02. The van der Waals surface area contributed by atoms with Crippen LogP contribution in [0.1, 0.15) is 11.1 Å². The van der Waals surface area contributed by atoms with Crippen LogP contribution in [0, 0.1) is 6.92 Å². The van der Waals surface area contributed by atoms with Crippen molar-refractivity contribution in [1.82, 2.24) is 0 Å². The van der Waals surface area contributed by atoms with E-state index in [2.05, 4.69) is 6.07 Å². The molecule has 4 heteroatoms. The molecule has 0 saturated carbocycles. The third-order valence-corrected chi connectivity index (χ3v) is 4.04. The predicted octanol–water partition coefficient (Wildman–Crippen LogP) is 3.41. The van der Waals surface area contributed by atoms with Crippen LogP contribution in [0.5, 0.6) is 11.5 Å². The number of hydrogen-bond donors (Lipinski definition) is 1. The van der Waals surface area contributed by atoms with Gasteiger partial charge >= 0.3 is 5.63 Å². The van der Waals surface area contributed by atoms with Crippen molar-refractivity contribution in [2.75, 3.05) is 6.61 Å². The zero-order valence-corrected chi connectivity index (χ0v) is 12.1. The molecule has 0 unspecified atom stereocenters. The molecule has 22 heavy (non-hydrogen) atoms. The highest BCUT2D eigenvalue weighted by atomic mass is 16.5. The second kappa shape index (κ2) is 4.63. The first-order valence-electron chi connectivity index (χ1n) is 7.15. The molecule has 4 nitrogen and oxygen atoms in total. The van der Waals surface area contributed by atoms with Crippen molar-refractivity contribution in [2.45, 2.75) is 13.3 Å². The van der Waals surface area contributed by atoms with E-state index in [1.165, 1.54) is 5.56 Å². The maximum absolute atomic E-state index is 11.5. The average molecular weight is 294 g/mol. The lowest BCUT2D eigenvalue weighted by atomic mass is 9.98. The van der Waals surface area contributed by atoms with E-state index >= 15 is 0 Å². The summed E-state index contributed by atoms with van der Waals surface area (Å²) >= 11 is 0. The van der Waals surface area contributed by atoms with Gasteiger partial charge in [-0.25, -0.2) is 4.79 Å². The number of ether oxygens (including phenoxy) is 1. The van der Waals surface area contributed by atoms with Gasteiger partial charge in [0.15, 0.2) is 0 Å². The lowest BCUT2D eigenvalue weighted by Crippen LogP contribution is -1.96. The van der Waals surface area contributed by atoms with Crippen LogP contribution in [0.4, 0.5) is 0 Å². The van der Waals surface area contributed by atoms with Gasteiger partial charge in [0.2, 0.25) is 0 Å². The lowest BCUT2D eigenvalue weighted by Gasteiger charge is -2.09. The molecule has 2 heterocycles. The molecule has 0 atom stereocenters. The first-order chi connectivity index (χ1) is 10.6. The number of aryl methyl sites for hydroxylation is 1. The Balaban J connectivity index is 1.94. The molecule has 0 saturated heterocycles. The molecule has 0 radical (unpaired) electrons. The predicted molar refractivity (Wildman–Crippen MR) is 83.5 cm³/mol. The molecule has 1 N–H and O–H groups in total. The minimum absolute atomic E-state index is 0.0438. The molecule has 4 rings (SSSR count). The van der Waals surface area contributed by atoms with Crippen molar-refractivity contribution < 1.29 is 14.3 Å². The van der Waals surface area contributed by atoms with Crippen LogP contribution in [0.25, 0.3) is 22.1 Å². The van der Waals surface area contributed by atoms with E-state index < -0.39 is 5.63 Å². The number of fused-ring (bicyclic) bond motifs is 2. The zero-order chi connectivity index (χ0) is 15.3. The van der Waals surface area contributed by atoms with E-state index in [0.29, 0.717) is 11.0 Å². The molecule has 0 bridgehead atoms. The van der Waals surface area contributed by atoms with E-state index in [0.717, 1.165) is 41.5 Å². The highest BCUT2D eigenvalue weighted by molar-refractivity contribution is 5.90. The molecular weight excluding hydrogens is 280 g/mol. The van der Waals surface area contributed by atoms with E-state index in [9.17, 15) is 9.90 Å². The van der Waals surface area contributed by atoms with E-state index in [1.54, 1.807) is 6.07 Å². The summed E-state index contributed by atoms with van der Waals surface area (Å²) in [6, 6.07) is 10.9. The Labute approximate surface area is 126 Å². The van der Waals surface area contributed by atoms with Crippen LogP contribution in [-0.4, -0.2) is 11.7 Å². The van der Waals surface area contributed by atoms with E-state index in [1.807, 2.05) is 25.1 Å². The van der Waals surface area contributed by atoms with Crippen molar-refractivity contribution in [2.24, 2.45) is 0 Å². The first kappa shape index (κ1) is 13.0. The fourth-order valence-electron chi connectivity index (χ4n) is 3.02. The van der Waals surface area contributed by atoms with Crippen LogP contribution in [-0.2, 0) is 6.42 Å². The summed E-state index contributed by atoms with van der Waals surface area (Å²) in [4.78, 5) is 11.5. The summed E-state index contributed by atoms with van der Waals surface area (Å²) in [6.45, 7) is 2.61. The Hall–Kier alpha value is -2.75. The summed E-state index contributed by atoms with van der Waals surface area (Å²) in [5.41, 5.74) is 3.90. The molecule has 0 amide bonds. The molecule has 2 aromatic carbocycles. The van der Waals surface area contributed by atoms with Gasteiger partial charge in [0.1, 0.15) is 17.1 Å². The average Bonchev–Trinajstić information content (AvgIpc) is 2.93. The van der Waals surface area contributed by atoms with E-state index in [4.69, 9.17) is 9.15 Å². The largest absolute Gasteiger partial charge is 0.507 e. The highest BCUT2D eigenvalue weighted by Gasteiger charge is 2.14. The zero-order valence-electron chi connectivity index (χ0n) is 12.1. The smallest absolute Gasteiger partial charge is 0.339 e. The number of aromatic hydroxyl groups is 1. The van der Waals surface area contributed by atoms with Crippen LogP contribution in [0.15, 0.2) is 45.6 Å². The summed E-state index contributed by atoms with van der Waals surface area (Å²) < 4.78 is 10.8. The fraction of sp³-hybridized carbons (Fsp3) is 0.167. The highest BCUT2D eigenvalue weighted by Crippen LogP contribution is 2.34. The second-order valence-corrected chi connectivity index (χ2v) is 5.54. The lowest BCUT2D eigenvalue weighted by molar-refractivity contribution is 0.357. The number of rotatable bonds is 1. The quantitative estimate of drug-likeness (QED) is 0.699. The first-order valence-corrected chi connectivity index (χ1v) is 7.15. The van der Waals surface area contributed by atoms with Gasteiger partial charge < -0.3 is 14.3 Å². The topological polar surface area (TPSA) is 59.7 Å². The van der Waals surface area contributed by atoms with E-state index in [-0.39, 0.29) is 5.75 Å². The third-order valence-electron chi connectivity index (χ3n) is 4.04. The van der Waals surface area contributed by atoms with Gasteiger partial charge in [-0.3, -0.25) is 0 Å². The van der Waals surface area contributed by atoms with Crippen LogP contribution in [0.2, 0.25) is 0 Å². The van der Waals surface area contributed by atoms with Crippen molar-refractivity contribution in [3.05, 3.63) is 57.9 Å². The Bertz CT molecular complexity index is 953. The van der Waals surface area contributed by atoms with Gasteiger partial charge in [-0.1, -0.05) is 12.1 Å². The van der Waals surface area contributed by atoms with Gasteiger partial charge in [-0.15, -0.1) is 0 Å². The van der Waals surface area contributed by atoms with Crippen molar-refractivity contribution in [1.29, 1.82) is 0 Å². The second-order valence-electron chi connectivity index (χ2n) is 5.54. The Kier molecular flexibility index (Phi) is 2.73. The van der Waals surface area contributed by atoms with Crippen LogP contribution >= 0.6 is 0 Å². The molecule has 1 aliphatic heterocycles. The molecule has 0 spiro atoms. The Morgan fingerprint density at radius 2 is 1.95 bits per heavy atom. The van der Waals surface area contributed by atoms with Gasteiger partial charge in [-0.05, 0) is 47.4 Å². The standard InChI is InChI=1S/C18H14O4/c1-10-6-13(8-16-18(10)14(19)9-17(20)22-16)11-2-3-15-12(7-11)4-5-21-15/h2-3,6-9,19H,4-5H2,1H3. The third kappa shape index (κ3) is 1.96. The molecule has 1 aromatic heterocycles. The Morgan fingerprint density at radius 1 is 1.09 bits per heavy atom.